The molecule has 1 N–H and O–H groups in total. The van der Waals surface area contributed by atoms with Crippen LogP contribution in [-0.4, -0.2) is 18.2 Å². The van der Waals surface area contributed by atoms with Crippen LogP contribution in [0.1, 0.15) is 45.3 Å². The van der Waals surface area contributed by atoms with E-state index in [0.29, 0.717) is 5.41 Å². The van der Waals surface area contributed by atoms with Gasteiger partial charge in [0.15, 0.2) is 0 Å². The van der Waals surface area contributed by atoms with Gasteiger partial charge in [-0.15, -0.1) is 0 Å². The first-order chi connectivity index (χ1) is 8.39. The topological polar surface area (TPSA) is 23.5 Å². The van der Waals surface area contributed by atoms with E-state index >= 15 is 0 Å². The van der Waals surface area contributed by atoms with Gasteiger partial charge in [-0.25, -0.2) is 0 Å². The van der Waals surface area contributed by atoms with Gasteiger partial charge in [0, 0.05) is 23.2 Å². The van der Waals surface area contributed by atoms with Crippen molar-refractivity contribution in [1.29, 1.82) is 0 Å². The fraction of sp³-hybridized carbons (Fsp3) is 0.600. The second-order valence-electron chi connectivity index (χ2n) is 6.03. The molecule has 2 rings (SSSR count). The normalized spacial score (nSPS) is 20.8. The lowest BCUT2D eigenvalue weighted by Crippen LogP contribution is -2.37. The van der Waals surface area contributed by atoms with E-state index in [0.717, 1.165) is 23.1 Å². The molecule has 0 unspecified atom stereocenters. The van der Waals surface area contributed by atoms with Crippen LogP contribution in [0, 0.1) is 5.41 Å². The van der Waals surface area contributed by atoms with Crippen molar-refractivity contribution in [2.75, 3.05) is 18.0 Å². The van der Waals surface area contributed by atoms with E-state index in [4.69, 9.17) is 0 Å². The maximum absolute atomic E-state index is 9.63. The van der Waals surface area contributed by atoms with Gasteiger partial charge in [-0.3, -0.25) is 0 Å². The number of nitrogens with zero attached hydrogens (tertiary/aromatic N) is 1. The SMILES string of the molecule is C[C@@H](O)c1ccc(N2CCC(C)(C)CC2)cc1Br. The van der Waals surface area contributed by atoms with Crippen LogP contribution in [0.5, 0.6) is 0 Å². The first-order valence-electron chi connectivity index (χ1n) is 6.61. The van der Waals surface area contributed by atoms with Gasteiger partial charge in [0.1, 0.15) is 0 Å². The molecule has 1 aromatic rings. The molecular formula is C15H22BrNO. The molecule has 1 aromatic carbocycles. The fourth-order valence-electron chi connectivity index (χ4n) is 2.42. The Bertz CT molecular complexity index is 419. The lowest BCUT2D eigenvalue weighted by molar-refractivity contribution is 0.198. The molecule has 0 aliphatic carbocycles. The quantitative estimate of drug-likeness (QED) is 0.887. The van der Waals surface area contributed by atoms with Crippen molar-refractivity contribution in [3.05, 3.63) is 28.2 Å². The third-order valence-electron chi connectivity index (χ3n) is 3.92. The standard InChI is InChI=1S/C15H22BrNO/c1-11(18)13-5-4-12(10-14(13)16)17-8-6-15(2,3)7-9-17/h4-5,10-11,18H,6-9H2,1-3H3/t11-/m1/s1. The Morgan fingerprint density at radius 3 is 2.39 bits per heavy atom. The molecule has 0 amide bonds. The molecule has 0 spiro atoms. The van der Waals surface area contributed by atoms with E-state index < -0.39 is 6.10 Å². The zero-order valence-corrected chi connectivity index (χ0v) is 13.0. The molecule has 1 aliphatic heterocycles. The lowest BCUT2D eigenvalue weighted by atomic mass is 9.82. The highest BCUT2D eigenvalue weighted by Crippen LogP contribution is 2.34. The Morgan fingerprint density at radius 2 is 1.89 bits per heavy atom. The Labute approximate surface area is 118 Å². The Balaban J connectivity index is 2.13. The predicted molar refractivity (Wildman–Crippen MR) is 80.0 cm³/mol. The summed E-state index contributed by atoms with van der Waals surface area (Å²) in [6, 6.07) is 6.26. The van der Waals surface area contributed by atoms with Gasteiger partial charge < -0.3 is 10.0 Å². The Hall–Kier alpha value is -0.540. The highest BCUT2D eigenvalue weighted by molar-refractivity contribution is 9.10. The molecule has 0 radical (unpaired) electrons. The molecule has 3 heteroatoms. The maximum atomic E-state index is 9.63. The summed E-state index contributed by atoms with van der Waals surface area (Å²) in [6.45, 7) is 8.72. The minimum absolute atomic E-state index is 0.422. The minimum atomic E-state index is -0.422. The smallest absolute Gasteiger partial charge is 0.0772 e. The molecule has 1 saturated heterocycles. The van der Waals surface area contributed by atoms with Crippen LogP contribution in [0.25, 0.3) is 0 Å². The minimum Gasteiger partial charge on any atom is -0.389 e. The number of piperidine rings is 1. The van der Waals surface area contributed by atoms with Crippen LogP contribution in [0.4, 0.5) is 5.69 Å². The van der Waals surface area contributed by atoms with Gasteiger partial charge >= 0.3 is 0 Å². The molecule has 1 fully saturated rings. The summed E-state index contributed by atoms with van der Waals surface area (Å²) in [5, 5.41) is 9.63. The van der Waals surface area contributed by atoms with Gasteiger partial charge in [-0.1, -0.05) is 35.8 Å². The van der Waals surface area contributed by atoms with Crippen molar-refractivity contribution >= 4 is 21.6 Å². The maximum Gasteiger partial charge on any atom is 0.0772 e. The van der Waals surface area contributed by atoms with E-state index in [1.54, 1.807) is 6.92 Å². The van der Waals surface area contributed by atoms with Crippen LogP contribution >= 0.6 is 15.9 Å². The summed E-state index contributed by atoms with van der Waals surface area (Å²) in [5.41, 5.74) is 2.69. The molecule has 2 nitrogen and oxygen atoms in total. The van der Waals surface area contributed by atoms with Crippen molar-refractivity contribution in [2.24, 2.45) is 5.41 Å². The molecule has 0 aromatic heterocycles. The molecule has 1 atom stereocenters. The average molecular weight is 312 g/mol. The number of hydrogen-bond donors (Lipinski definition) is 1. The highest BCUT2D eigenvalue weighted by Gasteiger charge is 2.25. The average Bonchev–Trinajstić information content (AvgIpc) is 2.28. The van der Waals surface area contributed by atoms with E-state index in [1.165, 1.54) is 18.5 Å². The number of hydrogen-bond acceptors (Lipinski definition) is 2. The summed E-state index contributed by atoms with van der Waals surface area (Å²) in [6.07, 6.45) is 2.06. The second-order valence-corrected chi connectivity index (χ2v) is 6.89. The molecule has 0 saturated carbocycles. The van der Waals surface area contributed by atoms with E-state index in [1.807, 2.05) is 6.07 Å². The number of aliphatic hydroxyl groups excluding tert-OH is 1. The first kappa shape index (κ1) is 13.9. The summed E-state index contributed by atoms with van der Waals surface area (Å²) >= 11 is 3.55. The highest BCUT2D eigenvalue weighted by atomic mass is 79.9. The monoisotopic (exact) mass is 311 g/mol. The van der Waals surface area contributed by atoms with Gasteiger partial charge in [-0.2, -0.15) is 0 Å². The largest absolute Gasteiger partial charge is 0.389 e. The summed E-state index contributed by atoms with van der Waals surface area (Å²) in [5.74, 6) is 0. The summed E-state index contributed by atoms with van der Waals surface area (Å²) in [4.78, 5) is 2.43. The zero-order chi connectivity index (χ0) is 13.3. The van der Waals surface area contributed by atoms with E-state index in [-0.39, 0.29) is 0 Å². The van der Waals surface area contributed by atoms with E-state index in [9.17, 15) is 5.11 Å². The van der Waals surface area contributed by atoms with Crippen LogP contribution in [-0.2, 0) is 0 Å². The van der Waals surface area contributed by atoms with Crippen molar-refractivity contribution in [2.45, 2.75) is 39.7 Å². The van der Waals surface area contributed by atoms with Crippen LogP contribution in [0.15, 0.2) is 22.7 Å². The summed E-state index contributed by atoms with van der Waals surface area (Å²) < 4.78 is 1.000. The molecule has 1 aliphatic rings. The number of aliphatic hydroxyl groups is 1. The van der Waals surface area contributed by atoms with E-state index in [2.05, 4.69) is 46.8 Å². The third-order valence-corrected chi connectivity index (χ3v) is 4.60. The first-order valence-corrected chi connectivity index (χ1v) is 7.41. The number of anilines is 1. The van der Waals surface area contributed by atoms with Crippen LogP contribution in [0.2, 0.25) is 0 Å². The van der Waals surface area contributed by atoms with Gasteiger partial charge in [0.25, 0.3) is 0 Å². The Kier molecular flexibility index (Phi) is 4.02. The molecular weight excluding hydrogens is 290 g/mol. The molecule has 100 valence electrons. The van der Waals surface area contributed by atoms with Crippen LogP contribution in [0.3, 0.4) is 0 Å². The number of halogens is 1. The van der Waals surface area contributed by atoms with Gasteiger partial charge in [-0.05, 0) is 42.9 Å². The van der Waals surface area contributed by atoms with Crippen molar-refractivity contribution in [1.82, 2.24) is 0 Å². The molecule has 0 bridgehead atoms. The van der Waals surface area contributed by atoms with Crippen molar-refractivity contribution in [3.63, 3.8) is 0 Å². The second kappa shape index (κ2) is 5.22. The molecule has 1 heterocycles. The Morgan fingerprint density at radius 1 is 1.28 bits per heavy atom. The molecule has 18 heavy (non-hydrogen) atoms. The number of benzene rings is 1. The summed E-state index contributed by atoms with van der Waals surface area (Å²) in [7, 11) is 0. The fourth-order valence-corrected chi connectivity index (χ4v) is 3.12. The van der Waals surface area contributed by atoms with Gasteiger partial charge in [0.05, 0.1) is 6.10 Å². The van der Waals surface area contributed by atoms with Crippen molar-refractivity contribution in [3.8, 4) is 0 Å². The van der Waals surface area contributed by atoms with Crippen molar-refractivity contribution < 1.29 is 5.11 Å². The predicted octanol–water partition coefficient (Wildman–Crippen LogP) is 4.13. The van der Waals surface area contributed by atoms with Gasteiger partial charge in [0.2, 0.25) is 0 Å². The number of rotatable bonds is 2. The third kappa shape index (κ3) is 3.07. The zero-order valence-electron chi connectivity index (χ0n) is 11.4. The van der Waals surface area contributed by atoms with Crippen LogP contribution < -0.4 is 4.90 Å². The lowest BCUT2D eigenvalue weighted by Gasteiger charge is -2.38.